The van der Waals surface area contributed by atoms with E-state index in [1.54, 1.807) is 24.3 Å². The molecule has 20 heavy (non-hydrogen) atoms. The van der Waals surface area contributed by atoms with Crippen molar-refractivity contribution in [1.29, 1.82) is 5.26 Å². The van der Waals surface area contributed by atoms with Crippen molar-refractivity contribution in [2.24, 2.45) is 0 Å². The van der Waals surface area contributed by atoms with Crippen molar-refractivity contribution < 1.29 is 14.3 Å². The number of ketones is 1. The van der Waals surface area contributed by atoms with Gasteiger partial charge < -0.3 is 5.11 Å². The van der Waals surface area contributed by atoms with Crippen LogP contribution in [0.15, 0.2) is 48.5 Å². The minimum Gasteiger partial charge on any atom is -0.508 e. The fraction of sp³-hybridized carbons (Fsp3) is 0. The molecule has 0 amide bonds. The summed E-state index contributed by atoms with van der Waals surface area (Å²) in [5.74, 6) is -1.48. The monoisotopic (exact) mass is 267 g/mol. The lowest BCUT2D eigenvalue weighted by atomic mass is 10.1. The number of phenolic OH excluding ortho intramolecular Hbond substituents is 1. The van der Waals surface area contributed by atoms with E-state index in [0.29, 0.717) is 5.56 Å². The molecule has 0 saturated heterocycles. The van der Waals surface area contributed by atoms with Gasteiger partial charge in [-0.1, -0.05) is 18.2 Å². The van der Waals surface area contributed by atoms with Crippen molar-refractivity contribution in [3.63, 3.8) is 0 Å². The largest absolute Gasteiger partial charge is 0.508 e. The molecule has 3 nitrogen and oxygen atoms in total. The van der Waals surface area contributed by atoms with E-state index in [2.05, 4.69) is 0 Å². The van der Waals surface area contributed by atoms with Gasteiger partial charge in [0.2, 0.25) is 0 Å². The number of nitrogens with zero attached hydrogens (tertiary/aromatic N) is 1. The third-order valence-electron chi connectivity index (χ3n) is 2.69. The van der Waals surface area contributed by atoms with E-state index >= 15 is 0 Å². The van der Waals surface area contributed by atoms with Crippen LogP contribution in [0.5, 0.6) is 5.75 Å². The summed E-state index contributed by atoms with van der Waals surface area (Å²) in [6.45, 7) is 0. The molecule has 0 aliphatic heterocycles. The highest BCUT2D eigenvalue weighted by molar-refractivity contribution is 6.07. The fourth-order valence-electron chi connectivity index (χ4n) is 1.63. The third-order valence-corrected chi connectivity index (χ3v) is 2.69. The molecule has 0 aromatic heterocycles. The van der Waals surface area contributed by atoms with Crippen molar-refractivity contribution in [2.75, 3.05) is 0 Å². The van der Waals surface area contributed by atoms with E-state index in [1.165, 1.54) is 24.3 Å². The predicted octanol–water partition coefficient (Wildman–Crippen LogP) is 3.30. The first-order valence-electron chi connectivity index (χ1n) is 5.81. The molecule has 0 aliphatic rings. The zero-order valence-corrected chi connectivity index (χ0v) is 10.4. The molecule has 1 N–H and O–H groups in total. The van der Waals surface area contributed by atoms with E-state index in [4.69, 9.17) is 10.4 Å². The number of rotatable bonds is 3. The Labute approximate surface area is 115 Å². The van der Waals surface area contributed by atoms with Crippen LogP contribution < -0.4 is 0 Å². The zero-order valence-electron chi connectivity index (χ0n) is 10.4. The van der Waals surface area contributed by atoms with Gasteiger partial charge in [0.15, 0.2) is 5.78 Å². The van der Waals surface area contributed by atoms with Crippen molar-refractivity contribution in [1.82, 2.24) is 0 Å². The number of aromatic hydroxyl groups is 1. The second kappa shape index (κ2) is 5.81. The molecule has 0 atom stereocenters. The molecule has 0 unspecified atom stereocenters. The van der Waals surface area contributed by atoms with Gasteiger partial charge >= 0.3 is 0 Å². The average Bonchev–Trinajstić information content (AvgIpc) is 2.45. The smallest absolute Gasteiger partial charge is 0.188 e. The van der Waals surface area contributed by atoms with Gasteiger partial charge in [0.1, 0.15) is 11.6 Å². The van der Waals surface area contributed by atoms with Crippen LogP contribution in [0.4, 0.5) is 4.39 Å². The summed E-state index contributed by atoms with van der Waals surface area (Å²) < 4.78 is 13.5. The highest BCUT2D eigenvalue weighted by Gasteiger charge is 2.09. The molecule has 2 rings (SSSR count). The van der Waals surface area contributed by atoms with Crippen LogP contribution in [0.2, 0.25) is 0 Å². The summed E-state index contributed by atoms with van der Waals surface area (Å²) in [7, 11) is 0. The summed E-state index contributed by atoms with van der Waals surface area (Å²) >= 11 is 0. The van der Waals surface area contributed by atoms with Crippen LogP contribution in [0.1, 0.15) is 21.5 Å². The van der Waals surface area contributed by atoms with Gasteiger partial charge in [-0.2, -0.15) is 5.26 Å². The molecular weight excluding hydrogens is 257 g/mol. The number of hydrogen-bond acceptors (Lipinski definition) is 3. The standard InChI is InChI=1S/C16H10FNO2/c17-15-9-13(19)6-7-14(15)16(20)8-5-11-1-3-12(10-18)4-2-11/h1-9,19H/b8-5-. The molecule has 0 heterocycles. The number of carbonyl (C=O) groups is 1. The van der Waals surface area contributed by atoms with Crippen molar-refractivity contribution in [2.45, 2.75) is 0 Å². The Hall–Kier alpha value is -2.93. The second-order valence-corrected chi connectivity index (χ2v) is 4.10. The number of allylic oxidation sites excluding steroid dienone is 1. The first-order chi connectivity index (χ1) is 9.60. The van der Waals surface area contributed by atoms with Gasteiger partial charge in [0, 0.05) is 6.07 Å². The summed E-state index contributed by atoms with van der Waals surface area (Å²) in [6.07, 6.45) is 2.78. The Morgan fingerprint density at radius 1 is 1.20 bits per heavy atom. The minimum absolute atomic E-state index is 0.104. The maximum absolute atomic E-state index is 13.5. The lowest BCUT2D eigenvalue weighted by Crippen LogP contribution is -1.98. The molecule has 0 saturated carbocycles. The van der Waals surface area contributed by atoms with Crippen LogP contribution in [0.25, 0.3) is 6.08 Å². The van der Waals surface area contributed by atoms with Crippen LogP contribution in [0, 0.1) is 17.1 Å². The molecule has 98 valence electrons. The fourth-order valence-corrected chi connectivity index (χ4v) is 1.63. The van der Waals surface area contributed by atoms with Gasteiger partial charge in [-0.05, 0) is 35.9 Å². The highest BCUT2D eigenvalue weighted by atomic mass is 19.1. The lowest BCUT2D eigenvalue weighted by Gasteiger charge is -1.99. The maximum atomic E-state index is 13.5. The predicted molar refractivity (Wildman–Crippen MR) is 72.6 cm³/mol. The topological polar surface area (TPSA) is 61.1 Å². The third kappa shape index (κ3) is 3.09. The Bertz CT molecular complexity index is 712. The summed E-state index contributed by atoms with van der Waals surface area (Å²) in [4.78, 5) is 11.8. The quantitative estimate of drug-likeness (QED) is 0.685. The number of phenols is 1. The van der Waals surface area contributed by atoms with Crippen molar-refractivity contribution in [3.8, 4) is 11.8 Å². The van der Waals surface area contributed by atoms with Gasteiger partial charge in [-0.3, -0.25) is 4.79 Å². The van der Waals surface area contributed by atoms with Crippen LogP contribution in [-0.4, -0.2) is 10.9 Å². The minimum atomic E-state index is -0.764. The number of benzene rings is 2. The van der Waals surface area contributed by atoms with E-state index in [0.717, 1.165) is 11.6 Å². The SMILES string of the molecule is N#Cc1ccc(/C=C\C(=O)c2ccc(O)cc2F)cc1. The first kappa shape index (κ1) is 13.5. The summed E-state index contributed by atoms with van der Waals surface area (Å²) in [5, 5.41) is 17.7. The number of halogens is 1. The molecule has 4 heteroatoms. The number of hydrogen-bond donors (Lipinski definition) is 1. The van der Waals surface area contributed by atoms with Gasteiger partial charge in [-0.25, -0.2) is 4.39 Å². The summed E-state index contributed by atoms with van der Waals surface area (Å²) in [5.41, 5.74) is 1.15. The van der Waals surface area contributed by atoms with Gasteiger partial charge in [0.25, 0.3) is 0 Å². The van der Waals surface area contributed by atoms with Crippen LogP contribution in [0.3, 0.4) is 0 Å². The van der Waals surface area contributed by atoms with Crippen molar-refractivity contribution >= 4 is 11.9 Å². The Kier molecular flexibility index (Phi) is 3.92. The average molecular weight is 267 g/mol. The lowest BCUT2D eigenvalue weighted by molar-refractivity contribution is 0.104. The molecule has 0 fully saturated rings. The van der Waals surface area contributed by atoms with E-state index in [9.17, 15) is 9.18 Å². The molecular formula is C16H10FNO2. The molecule has 0 radical (unpaired) electrons. The first-order valence-corrected chi connectivity index (χ1v) is 5.81. The Balaban J connectivity index is 2.18. The molecule has 0 spiro atoms. The number of nitriles is 1. The normalized spacial score (nSPS) is 10.4. The zero-order chi connectivity index (χ0) is 14.5. The van der Waals surface area contributed by atoms with Crippen LogP contribution >= 0.6 is 0 Å². The second-order valence-electron chi connectivity index (χ2n) is 4.10. The molecule has 2 aromatic rings. The maximum Gasteiger partial charge on any atom is 0.188 e. The highest BCUT2D eigenvalue weighted by Crippen LogP contribution is 2.16. The van der Waals surface area contributed by atoms with Gasteiger partial charge in [0.05, 0.1) is 17.2 Å². The Morgan fingerprint density at radius 3 is 2.50 bits per heavy atom. The Morgan fingerprint density at radius 2 is 1.90 bits per heavy atom. The molecule has 0 aliphatic carbocycles. The van der Waals surface area contributed by atoms with Crippen LogP contribution in [-0.2, 0) is 0 Å². The van der Waals surface area contributed by atoms with E-state index in [-0.39, 0.29) is 11.3 Å². The van der Waals surface area contributed by atoms with Crippen molar-refractivity contribution in [3.05, 3.63) is 71.0 Å². The molecule has 2 aromatic carbocycles. The van der Waals surface area contributed by atoms with E-state index < -0.39 is 11.6 Å². The number of carbonyl (C=O) groups excluding carboxylic acids is 1. The van der Waals surface area contributed by atoms with E-state index in [1.807, 2.05) is 6.07 Å². The summed E-state index contributed by atoms with van der Waals surface area (Å²) in [6, 6.07) is 12.0. The molecule has 0 bridgehead atoms. The van der Waals surface area contributed by atoms with Gasteiger partial charge in [-0.15, -0.1) is 0 Å².